The maximum Gasteiger partial charge on any atom is 0.472 e. The van der Waals surface area contributed by atoms with Crippen molar-refractivity contribution in [3.8, 4) is 0 Å². The Labute approximate surface area is 410 Å². The normalized spacial score (nSPS) is 13.9. The largest absolute Gasteiger partial charge is 0.472 e. The topological polar surface area (TPSA) is 134 Å². The van der Waals surface area contributed by atoms with Gasteiger partial charge < -0.3 is 20.1 Å². The molecule has 0 bridgehead atoms. The van der Waals surface area contributed by atoms with Gasteiger partial charge in [-0.05, 0) is 77.0 Å². The third-order valence-electron chi connectivity index (χ3n) is 11.0. The first-order chi connectivity index (χ1) is 32.8. The molecule has 2 unspecified atom stereocenters. The molecule has 0 aliphatic carbocycles. The number of hydrogen-bond acceptors (Lipinski definition) is 8. The summed E-state index contributed by atoms with van der Waals surface area (Å²) in [5.41, 5.74) is 5.35. The molecule has 0 aromatic carbocycles. The molecule has 0 aliphatic rings. The van der Waals surface area contributed by atoms with E-state index >= 15 is 0 Å². The van der Waals surface area contributed by atoms with Crippen molar-refractivity contribution in [1.82, 2.24) is 0 Å². The minimum absolute atomic E-state index is 0.0514. The van der Waals surface area contributed by atoms with E-state index in [1.54, 1.807) is 0 Å². The molecule has 67 heavy (non-hydrogen) atoms. The molecule has 0 heterocycles. The van der Waals surface area contributed by atoms with Crippen molar-refractivity contribution >= 4 is 19.8 Å². The summed E-state index contributed by atoms with van der Waals surface area (Å²) in [7, 11) is -4.37. The predicted molar refractivity (Wildman–Crippen MR) is 284 cm³/mol. The molecular weight excluding hydrogens is 858 g/mol. The van der Waals surface area contributed by atoms with Crippen LogP contribution in [-0.2, 0) is 32.7 Å². The highest BCUT2D eigenvalue weighted by atomic mass is 31.2. The molecule has 10 heteroatoms. The molecule has 0 spiro atoms. The zero-order valence-corrected chi connectivity index (χ0v) is 43.5. The van der Waals surface area contributed by atoms with E-state index < -0.39 is 26.5 Å². The fourth-order valence-corrected chi connectivity index (χ4v) is 7.83. The third-order valence-corrected chi connectivity index (χ3v) is 12.0. The van der Waals surface area contributed by atoms with E-state index in [9.17, 15) is 19.0 Å². The number of allylic oxidation sites excluding steroid dienone is 16. The van der Waals surface area contributed by atoms with Crippen molar-refractivity contribution in [3.63, 3.8) is 0 Å². The summed E-state index contributed by atoms with van der Waals surface area (Å²) in [6.45, 7) is 3.56. The van der Waals surface area contributed by atoms with Gasteiger partial charge in [-0.1, -0.05) is 227 Å². The molecule has 0 aromatic heterocycles. The second-order valence-corrected chi connectivity index (χ2v) is 18.8. The Morgan fingerprint density at radius 3 is 1.22 bits per heavy atom. The van der Waals surface area contributed by atoms with Crippen LogP contribution in [-0.4, -0.2) is 49.3 Å². The minimum atomic E-state index is -4.37. The average molecular weight is 956 g/mol. The highest BCUT2D eigenvalue weighted by molar-refractivity contribution is 7.47. The minimum Gasteiger partial charge on any atom is -0.462 e. The van der Waals surface area contributed by atoms with Gasteiger partial charge in [0.2, 0.25) is 0 Å². The first kappa shape index (κ1) is 63.9. The average Bonchev–Trinajstić information content (AvgIpc) is 3.32. The van der Waals surface area contributed by atoms with E-state index in [1.807, 2.05) is 0 Å². The van der Waals surface area contributed by atoms with E-state index in [-0.39, 0.29) is 38.6 Å². The van der Waals surface area contributed by atoms with Crippen molar-refractivity contribution in [1.29, 1.82) is 0 Å². The lowest BCUT2D eigenvalue weighted by Crippen LogP contribution is -2.29. The molecule has 0 saturated carbocycles. The number of phosphoric acid groups is 1. The number of nitrogens with two attached hydrogens (primary N) is 1. The molecular formula is C57H98NO8P. The monoisotopic (exact) mass is 956 g/mol. The van der Waals surface area contributed by atoms with E-state index in [0.29, 0.717) is 6.42 Å². The maximum absolute atomic E-state index is 12.6. The van der Waals surface area contributed by atoms with Crippen LogP contribution in [0.2, 0.25) is 0 Å². The Balaban J connectivity index is 3.82. The molecule has 0 amide bonds. The van der Waals surface area contributed by atoms with Crippen molar-refractivity contribution in [2.24, 2.45) is 5.73 Å². The van der Waals surface area contributed by atoms with Gasteiger partial charge in [0.05, 0.1) is 13.2 Å². The van der Waals surface area contributed by atoms with Crippen LogP contribution in [0.3, 0.4) is 0 Å². The molecule has 0 aromatic rings. The number of phosphoric ester groups is 1. The number of carbonyl (C=O) groups is 2. The van der Waals surface area contributed by atoms with Gasteiger partial charge in [-0.15, -0.1) is 0 Å². The van der Waals surface area contributed by atoms with Gasteiger partial charge in [-0.25, -0.2) is 4.57 Å². The molecule has 0 fully saturated rings. The van der Waals surface area contributed by atoms with E-state index in [2.05, 4.69) is 111 Å². The summed E-state index contributed by atoms with van der Waals surface area (Å²) >= 11 is 0. The van der Waals surface area contributed by atoms with Crippen molar-refractivity contribution in [2.75, 3.05) is 26.4 Å². The lowest BCUT2D eigenvalue weighted by atomic mass is 10.0. The number of rotatable bonds is 49. The van der Waals surface area contributed by atoms with Crippen molar-refractivity contribution in [2.45, 2.75) is 225 Å². The second-order valence-electron chi connectivity index (χ2n) is 17.4. The van der Waals surface area contributed by atoms with Crippen LogP contribution >= 0.6 is 7.82 Å². The summed E-state index contributed by atoms with van der Waals surface area (Å²) in [5, 5.41) is 0. The highest BCUT2D eigenvalue weighted by Crippen LogP contribution is 2.43. The predicted octanol–water partition coefficient (Wildman–Crippen LogP) is 16.5. The highest BCUT2D eigenvalue weighted by Gasteiger charge is 2.26. The molecule has 384 valence electrons. The number of carbonyl (C=O) groups excluding carboxylic acids is 2. The Morgan fingerprint density at radius 2 is 0.821 bits per heavy atom. The lowest BCUT2D eigenvalue weighted by molar-refractivity contribution is -0.161. The molecule has 2 atom stereocenters. The van der Waals surface area contributed by atoms with Crippen LogP contribution in [0, 0.1) is 0 Å². The first-order valence-electron chi connectivity index (χ1n) is 26.7. The Bertz CT molecular complexity index is 1410. The van der Waals surface area contributed by atoms with E-state index in [1.165, 1.54) is 96.3 Å². The summed E-state index contributed by atoms with van der Waals surface area (Å²) in [5.74, 6) is -0.837. The van der Waals surface area contributed by atoms with Gasteiger partial charge in [0, 0.05) is 19.4 Å². The molecule has 9 nitrogen and oxygen atoms in total. The number of unbranched alkanes of at least 4 members (excludes halogenated alkanes) is 20. The van der Waals surface area contributed by atoms with Gasteiger partial charge in [0.25, 0.3) is 0 Å². The Morgan fingerprint density at radius 1 is 0.463 bits per heavy atom. The standard InChI is InChI=1S/C57H98NO8P/c1-3-5-7-9-11-12-13-14-15-16-17-18-19-20-21-22-23-24-25-26-27-28-29-30-31-32-33-34-35-36-37-38-39-40-41-42-44-46-48-50-57(60)66-55(54-65-67(61,62)64-52-51-58)53-63-56(59)49-47-45-43-10-8-6-4-2/h5,7,11-12,14-15,17-18,20-21,23-24,26-27,29-30,55H,3-4,6,8-10,13,16,19,22,25,28,31-54,58H2,1-2H3,(H,61,62)/b7-5-,12-11-,15-14-,18-17-,21-20-,24-23-,27-26-,30-29-. The van der Waals surface area contributed by atoms with Gasteiger partial charge in [0.1, 0.15) is 6.61 Å². The van der Waals surface area contributed by atoms with Gasteiger partial charge in [-0.3, -0.25) is 18.6 Å². The maximum atomic E-state index is 12.6. The third kappa shape index (κ3) is 52.2. The quantitative estimate of drug-likeness (QED) is 0.0264. The Kier molecular flexibility index (Phi) is 49.9. The summed E-state index contributed by atoms with van der Waals surface area (Å²) in [4.78, 5) is 34.8. The molecule has 0 aliphatic heterocycles. The smallest absolute Gasteiger partial charge is 0.462 e. The summed E-state index contributed by atoms with van der Waals surface area (Å²) < 4.78 is 32.7. The first-order valence-corrected chi connectivity index (χ1v) is 28.2. The zero-order chi connectivity index (χ0) is 48.8. The molecule has 0 rings (SSSR count). The van der Waals surface area contributed by atoms with Gasteiger partial charge >= 0.3 is 19.8 Å². The molecule has 0 radical (unpaired) electrons. The van der Waals surface area contributed by atoms with Gasteiger partial charge in [-0.2, -0.15) is 0 Å². The van der Waals surface area contributed by atoms with Crippen molar-refractivity contribution < 1.29 is 37.6 Å². The number of hydrogen-bond donors (Lipinski definition) is 2. The van der Waals surface area contributed by atoms with E-state index in [0.717, 1.165) is 89.9 Å². The van der Waals surface area contributed by atoms with E-state index in [4.69, 9.17) is 24.3 Å². The zero-order valence-electron chi connectivity index (χ0n) is 42.6. The Hall–Kier alpha value is -3.07. The van der Waals surface area contributed by atoms with Crippen LogP contribution in [0.4, 0.5) is 0 Å². The van der Waals surface area contributed by atoms with Crippen LogP contribution < -0.4 is 5.73 Å². The molecule has 3 N–H and O–H groups in total. The van der Waals surface area contributed by atoms with Crippen molar-refractivity contribution in [3.05, 3.63) is 97.2 Å². The second kappa shape index (κ2) is 52.3. The van der Waals surface area contributed by atoms with Gasteiger partial charge in [0.15, 0.2) is 6.10 Å². The van der Waals surface area contributed by atoms with Crippen LogP contribution in [0.25, 0.3) is 0 Å². The van der Waals surface area contributed by atoms with Crippen LogP contribution in [0.15, 0.2) is 97.2 Å². The fourth-order valence-electron chi connectivity index (χ4n) is 7.06. The number of ether oxygens (including phenoxy) is 2. The number of esters is 2. The summed E-state index contributed by atoms with van der Waals surface area (Å²) in [6.07, 6.45) is 69.3. The van der Waals surface area contributed by atoms with Crippen LogP contribution in [0.5, 0.6) is 0 Å². The molecule has 0 saturated heterocycles. The van der Waals surface area contributed by atoms with Crippen LogP contribution in [0.1, 0.15) is 219 Å². The SMILES string of the molecule is CC/C=C\C/C=C\C/C=C\C/C=C\C/C=C\C/C=C\C/C=C\C/C=C\CCCCCCCCCCCCCCCCC(=O)OC(COC(=O)CCCCCCCCC)COP(=O)(O)OCCN. The summed E-state index contributed by atoms with van der Waals surface area (Å²) in [6, 6.07) is 0. The fraction of sp³-hybridized carbons (Fsp3) is 0.684. The lowest BCUT2D eigenvalue weighted by Gasteiger charge is -2.19.